The Morgan fingerprint density at radius 1 is 1.27 bits per heavy atom. The molecular weight excluding hydrogens is 303 g/mol. The molecule has 0 aliphatic carbocycles. The summed E-state index contributed by atoms with van der Waals surface area (Å²) in [7, 11) is 0. The maximum absolute atomic E-state index is 8.30. The van der Waals surface area contributed by atoms with Gasteiger partial charge in [0, 0.05) is 23.1 Å². The topological polar surface area (TPSA) is 45.0 Å². The van der Waals surface area contributed by atoms with Gasteiger partial charge in [0.15, 0.2) is 0 Å². The van der Waals surface area contributed by atoms with Crippen molar-refractivity contribution in [3.05, 3.63) is 27.8 Å². The molecule has 15 heavy (non-hydrogen) atoms. The van der Waals surface area contributed by atoms with Crippen LogP contribution in [0.15, 0.2) is 24.3 Å². The van der Waals surface area contributed by atoms with Crippen molar-refractivity contribution in [2.45, 2.75) is 6.42 Å². The molecule has 0 aliphatic rings. The smallest absolute Gasteiger partial charge is 0.119 e. The summed E-state index contributed by atoms with van der Waals surface area (Å²) in [6.45, 7) is 2.13. The van der Waals surface area contributed by atoms with Crippen LogP contribution in [0.2, 0.25) is 0 Å². The monoisotopic (exact) mass is 316 g/mol. The highest BCUT2D eigenvalue weighted by molar-refractivity contribution is 14.1. The molecule has 0 bridgehead atoms. The molecule has 0 atom stereocenters. The van der Waals surface area contributed by atoms with E-state index in [2.05, 4.69) is 34.0 Å². The second-order valence-corrected chi connectivity index (χ2v) is 4.21. The molecule has 0 fully saturated rings. The van der Waals surface area contributed by atoms with Crippen molar-refractivity contribution in [2.75, 3.05) is 19.7 Å². The second-order valence-electron chi connectivity index (χ2n) is 2.96. The number of halogens is 1. The quantitative estimate of drug-likeness (QED) is 0.646. The van der Waals surface area contributed by atoms with E-state index in [1.807, 2.05) is 24.3 Å². The van der Waals surface area contributed by atoms with E-state index in [-0.39, 0.29) is 0 Å². The zero-order valence-electron chi connectivity index (χ0n) is 8.37. The summed E-state index contributed by atoms with van der Waals surface area (Å²) in [4.78, 5) is 0. The fourth-order valence-corrected chi connectivity index (χ4v) is 1.40. The summed E-state index contributed by atoms with van der Waals surface area (Å²) in [5.41, 5.74) is 0. The molecule has 0 heterocycles. The third-order valence-electron chi connectivity index (χ3n) is 1.77. The van der Waals surface area contributed by atoms with Crippen molar-refractivity contribution < 1.29 is 4.74 Å². The molecule has 0 aliphatic heterocycles. The highest BCUT2D eigenvalue weighted by Crippen LogP contribution is 2.12. The molecule has 1 aromatic rings. The summed E-state index contributed by atoms with van der Waals surface area (Å²) < 4.78 is 6.69. The molecule has 1 rings (SSSR count). The number of benzene rings is 1. The van der Waals surface area contributed by atoms with E-state index in [9.17, 15) is 0 Å². The van der Waals surface area contributed by atoms with Crippen LogP contribution in [0.1, 0.15) is 6.42 Å². The zero-order valence-corrected chi connectivity index (χ0v) is 10.5. The second kappa shape index (κ2) is 7.49. The van der Waals surface area contributed by atoms with Gasteiger partial charge < -0.3 is 10.1 Å². The Balaban J connectivity index is 2.10. The Hall–Kier alpha value is -0.800. The molecule has 0 unspecified atom stereocenters. The van der Waals surface area contributed by atoms with E-state index in [4.69, 9.17) is 10.00 Å². The molecule has 0 radical (unpaired) electrons. The van der Waals surface area contributed by atoms with E-state index >= 15 is 0 Å². The van der Waals surface area contributed by atoms with Crippen LogP contribution < -0.4 is 10.1 Å². The standard InChI is InChI=1S/C11H13IN2O/c12-10-2-4-11(5-3-10)15-9-8-14-7-1-6-13/h2-5,14H,1,7-9H2. The Kier molecular flexibility index (Phi) is 6.12. The SMILES string of the molecule is N#CCCNCCOc1ccc(I)cc1. The number of ether oxygens (including phenoxy) is 1. The maximum atomic E-state index is 8.30. The van der Waals surface area contributed by atoms with Crippen LogP contribution in [-0.4, -0.2) is 19.7 Å². The van der Waals surface area contributed by atoms with Gasteiger partial charge in [0.1, 0.15) is 12.4 Å². The van der Waals surface area contributed by atoms with Gasteiger partial charge in [-0.15, -0.1) is 0 Å². The van der Waals surface area contributed by atoms with Gasteiger partial charge >= 0.3 is 0 Å². The molecule has 1 N–H and O–H groups in total. The van der Waals surface area contributed by atoms with Crippen LogP contribution >= 0.6 is 22.6 Å². The van der Waals surface area contributed by atoms with Gasteiger partial charge in [-0.3, -0.25) is 0 Å². The summed E-state index contributed by atoms with van der Waals surface area (Å²) in [6.07, 6.45) is 0.545. The highest BCUT2D eigenvalue weighted by atomic mass is 127. The minimum absolute atomic E-state index is 0.545. The summed E-state index contributed by atoms with van der Waals surface area (Å²) in [6, 6.07) is 10.0. The molecule has 0 saturated heterocycles. The lowest BCUT2D eigenvalue weighted by atomic mass is 10.3. The molecule has 1 aromatic carbocycles. The van der Waals surface area contributed by atoms with E-state index in [0.717, 1.165) is 18.8 Å². The largest absolute Gasteiger partial charge is 0.492 e. The molecule has 0 spiro atoms. The van der Waals surface area contributed by atoms with Crippen molar-refractivity contribution in [2.24, 2.45) is 0 Å². The van der Waals surface area contributed by atoms with Gasteiger partial charge in [0.05, 0.1) is 6.07 Å². The van der Waals surface area contributed by atoms with Crippen LogP contribution in [0.25, 0.3) is 0 Å². The van der Waals surface area contributed by atoms with E-state index in [1.54, 1.807) is 0 Å². The number of hydrogen-bond acceptors (Lipinski definition) is 3. The average Bonchev–Trinajstić information content (AvgIpc) is 2.26. The Morgan fingerprint density at radius 2 is 2.00 bits per heavy atom. The zero-order chi connectivity index (χ0) is 10.9. The molecule has 4 heteroatoms. The van der Waals surface area contributed by atoms with Crippen LogP contribution in [0.4, 0.5) is 0 Å². The first-order valence-corrected chi connectivity index (χ1v) is 5.87. The van der Waals surface area contributed by atoms with Crippen LogP contribution in [0, 0.1) is 14.9 Å². The minimum Gasteiger partial charge on any atom is -0.492 e. The van der Waals surface area contributed by atoms with Crippen molar-refractivity contribution in [1.29, 1.82) is 5.26 Å². The Bertz CT molecular complexity index is 318. The lowest BCUT2D eigenvalue weighted by Crippen LogP contribution is -2.21. The van der Waals surface area contributed by atoms with Gasteiger partial charge in [-0.1, -0.05) is 0 Å². The number of nitriles is 1. The van der Waals surface area contributed by atoms with Crippen molar-refractivity contribution in [3.63, 3.8) is 0 Å². The fourth-order valence-electron chi connectivity index (χ4n) is 1.04. The summed E-state index contributed by atoms with van der Waals surface area (Å²) in [5.74, 6) is 0.887. The third-order valence-corrected chi connectivity index (χ3v) is 2.49. The van der Waals surface area contributed by atoms with Crippen LogP contribution in [0.3, 0.4) is 0 Å². The lowest BCUT2D eigenvalue weighted by molar-refractivity contribution is 0.314. The third kappa shape index (κ3) is 5.60. The molecule has 0 amide bonds. The van der Waals surface area contributed by atoms with Crippen LogP contribution in [0.5, 0.6) is 5.75 Å². The number of rotatable bonds is 6. The van der Waals surface area contributed by atoms with E-state index < -0.39 is 0 Å². The van der Waals surface area contributed by atoms with Gasteiger partial charge in [-0.25, -0.2) is 0 Å². The summed E-state index contributed by atoms with van der Waals surface area (Å²) in [5, 5.41) is 11.4. The first kappa shape index (κ1) is 12.3. The molecular formula is C11H13IN2O. The van der Waals surface area contributed by atoms with Gasteiger partial charge in [-0.05, 0) is 46.9 Å². The fraction of sp³-hybridized carbons (Fsp3) is 0.364. The van der Waals surface area contributed by atoms with E-state index in [0.29, 0.717) is 13.0 Å². The minimum atomic E-state index is 0.545. The Labute approximate surface area is 104 Å². The Morgan fingerprint density at radius 3 is 2.67 bits per heavy atom. The molecule has 0 saturated carbocycles. The number of nitrogens with one attached hydrogen (secondary N) is 1. The number of hydrogen-bond donors (Lipinski definition) is 1. The maximum Gasteiger partial charge on any atom is 0.119 e. The van der Waals surface area contributed by atoms with Gasteiger partial charge in [0.25, 0.3) is 0 Å². The number of nitrogens with zero attached hydrogens (tertiary/aromatic N) is 1. The first-order valence-electron chi connectivity index (χ1n) is 4.79. The molecule has 3 nitrogen and oxygen atoms in total. The molecule has 80 valence electrons. The average molecular weight is 316 g/mol. The van der Waals surface area contributed by atoms with Gasteiger partial charge in [0.2, 0.25) is 0 Å². The van der Waals surface area contributed by atoms with Crippen molar-refractivity contribution >= 4 is 22.6 Å². The predicted molar refractivity (Wildman–Crippen MR) is 67.8 cm³/mol. The first-order chi connectivity index (χ1) is 7.33. The predicted octanol–water partition coefficient (Wildman–Crippen LogP) is 2.17. The highest BCUT2D eigenvalue weighted by Gasteiger charge is 1.93. The summed E-state index contributed by atoms with van der Waals surface area (Å²) >= 11 is 2.26. The van der Waals surface area contributed by atoms with E-state index in [1.165, 1.54) is 3.57 Å². The van der Waals surface area contributed by atoms with Crippen molar-refractivity contribution in [3.8, 4) is 11.8 Å². The van der Waals surface area contributed by atoms with Gasteiger partial charge in [-0.2, -0.15) is 5.26 Å². The van der Waals surface area contributed by atoms with Crippen LogP contribution in [-0.2, 0) is 0 Å². The molecule has 0 aromatic heterocycles. The van der Waals surface area contributed by atoms with Crippen molar-refractivity contribution in [1.82, 2.24) is 5.32 Å². The normalized spacial score (nSPS) is 9.60. The lowest BCUT2D eigenvalue weighted by Gasteiger charge is -2.06.